The zero-order chi connectivity index (χ0) is 27.6. The number of carbonyl (C=O) groups is 3. The summed E-state index contributed by atoms with van der Waals surface area (Å²) in [5.74, 6) is 0.305. The van der Waals surface area contributed by atoms with E-state index < -0.39 is 17.7 Å². The van der Waals surface area contributed by atoms with Crippen molar-refractivity contribution in [2.45, 2.75) is 97.4 Å². The molecule has 1 aromatic rings. The zero-order valence-electron chi connectivity index (χ0n) is 23.5. The monoisotopic (exact) mass is 546 g/mol. The molecule has 1 N–H and O–H groups in total. The summed E-state index contributed by atoms with van der Waals surface area (Å²) >= 11 is 6.49. The number of carbonyl (C=O) groups excluding carboxylic acids is 3. The van der Waals surface area contributed by atoms with Gasteiger partial charge in [-0.15, -0.1) is 0 Å². The van der Waals surface area contributed by atoms with Crippen molar-refractivity contribution < 1.29 is 19.1 Å². The third-order valence-electron chi connectivity index (χ3n) is 8.01. The molecule has 0 unspecified atom stereocenters. The van der Waals surface area contributed by atoms with Crippen molar-refractivity contribution in [3.63, 3.8) is 0 Å². The molecule has 1 aliphatic carbocycles. The molecule has 0 bridgehead atoms. The summed E-state index contributed by atoms with van der Waals surface area (Å²) in [6.45, 7) is 13.1. The van der Waals surface area contributed by atoms with Gasteiger partial charge in [0, 0.05) is 55.4 Å². The predicted molar refractivity (Wildman–Crippen MR) is 149 cm³/mol. The van der Waals surface area contributed by atoms with Gasteiger partial charge >= 0.3 is 6.09 Å². The van der Waals surface area contributed by atoms with Gasteiger partial charge in [0.1, 0.15) is 11.6 Å². The number of anilines is 1. The zero-order valence-corrected chi connectivity index (χ0v) is 24.3. The molecule has 0 aromatic heterocycles. The van der Waals surface area contributed by atoms with Crippen LogP contribution in [0.4, 0.5) is 10.5 Å². The summed E-state index contributed by atoms with van der Waals surface area (Å²) < 4.78 is 5.51. The Morgan fingerprint density at radius 3 is 2.39 bits per heavy atom. The lowest BCUT2D eigenvalue weighted by atomic mass is 10.0. The first-order chi connectivity index (χ1) is 17.9. The van der Waals surface area contributed by atoms with Crippen LogP contribution in [-0.2, 0) is 20.9 Å². The van der Waals surface area contributed by atoms with E-state index >= 15 is 0 Å². The average Bonchev–Trinajstić information content (AvgIpc) is 3.53. The largest absolute Gasteiger partial charge is 0.444 e. The molecule has 8 nitrogen and oxygen atoms in total. The van der Waals surface area contributed by atoms with Gasteiger partial charge in [0.25, 0.3) is 0 Å². The third-order valence-corrected chi connectivity index (χ3v) is 8.23. The normalized spacial score (nSPS) is 23.1. The van der Waals surface area contributed by atoms with Gasteiger partial charge in [-0.1, -0.05) is 24.4 Å². The van der Waals surface area contributed by atoms with E-state index in [0.717, 1.165) is 62.9 Å². The van der Waals surface area contributed by atoms with Crippen LogP contribution in [0.15, 0.2) is 12.1 Å². The number of benzene rings is 1. The highest BCUT2D eigenvalue weighted by molar-refractivity contribution is 6.31. The quantitative estimate of drug-likeness (QED) is 0.548. The van der Waals surface area contributed by atoms with Gasteiger partial charge in [0.2, 0.25) is 11.8 Å². The Kier molecular flexibility index (Phi) is 8.92. The van der Waals surface area contributed by atoms with Gasteiger partial charge in [-0.25, -0.2) is 4.79 Å². The van der Waals surface area contributed by atoms with Crippen molar-refractivity contribution >= 4 is 35.2 Å². The summed E-state index contributed by atoms with van der Waals surface area (Å²) in [4.78, 5) is 44.9. The Morgan fingerprint density at radius 1 is 1.03 bits per heavy atom. The van der Waals surface area contributed by atoms with E-state index in [4.69, 9.17) is 16.3 Å². The molecule has 1 saturated carbocycles. The van der Waals surface area contributed by atoms with E-state index in [2.05, 4.69) is 22.0 Å². The Labute approximate surface area is 232 Å². The summed E-state index contributed by atoms with van der Waals surface area (Å²) in [6, 6.07) is 3.32. The van der Waals surface area contributed by atoms with Crippen LogP contribution in [-0.4, -0.2) is 76.5 Å². The average molecular weight is 547 g/mol. The van der Waals surface area contributed by atoms with Gasteiger partial charge in [0.05, 0.1) is 0 Å². The highest BCUT2D eigenvalue weighted by Crippen LogP contribution is 2.30. The second kappa shape index (κ2) is 11.8. The molecule has 0 radical (unpaired) electrons. The van der Waals surface area contributed by atoms with Crippen molar-refractivity contribution in [1.82, 2.24) is 14.7 Å². The van der Waals surface area contributed by atoms with E-state index in [-0.39, 0.29) is 17.9 Å². The van der Waals surface area contributed by atoms with Crippen molar-refractivity contribution in [3.8, 4) is 0 Å². The molecular weight excluding hydrogens is 504 g/mol. The minimum Gasteiger partial charge on any atom is -0.444 e. The van der Waals surface area contributed by atoms with Crippen LogP contribution in [0, 0.1) is 12.8 Å². The fourth-order valence-electron chi connectivity index (χ4n) is 5.98. The summed E-state index contributed by atoms with van der Waals surface area (Å²) in [5, 5.41) is 3.59. The Morgan fingerprint density at radius 2 is 1.74 bits per heavy atom. The number of hydrogen-bond acceptors (Lipinski definition) is 5. The number of amides is 3. The molecule has 3 fully saturated rings. The molecule has 9 heteroatoms. The molecule has 3 aliphatic rings. The second-order valence-electron chi connectivity index (χ2n) is 12.2. The van der Waals surface area contributed by atoms with Crippen LogP contribution >= 0.6 is 11.6 Å². The van der Waals surface area contributed by atoms with E-state index in [1.165, 1.54) is 4.90 Å². The standard InChI is InChI=1S/C29H43ClN4O4/c1-19-17-32(13-14-33(19)27(36)21-9-6-7-10-21)18-22-15-23(30)16-24(20(22)2)31-26(35)25-11-8-12-34(25)28(37)38-29(3,4)5/h15-16,19,21,25H,6-14,17-18H2,1-5H3,(H,31,35)/t19-,25-/m0/s1. The molecule has 4 rings (SSSR count). The maximum Gasteiger partial charge on any atom is 0.410 e. The number of piperazine rings is 1. The minimum absolute atomic E-state index is 0.164. The number of halogens is 1. The van der Waals surface area contributed by atoms with Gasteiger partial charge in [-0.05, 0) is 83.6 Å². The van der Waals surface area contributed by atoms with Crippen LogP contribution in [0.25, 0.3) is 0 Å². The van der Waals surface area contributed by atoms with Crippen molar-refractivity contribution in [1.29, 1.82) is 0 Å². The fourth-order valence-corrected chi connectivity index (χ4v) is 6.22. The van der Waals surface area contributed by atoms with Gasteiger partial charge in [0.15, 0.2) is 0 Å². The first-order valence-corrected chi connectivity index (χ1v) is 14.4. The smallest absolute Gasteiger partial charge is 0.410 e. The highest BCUT2D eigenvalue weighted by atomic mass is 35.5. The number of nitrogens with one attached hydrogen (secondary N) is 1. The molecule has 2 saturated heterocycles. The Hall–Kier alpha value is -2.32. The molecule has 2 aliphatic heterocycles. The molecule has 38 heavy (non-hydrogen) atoms. The molecule has 3 amide bonds. The lowest BCUT2D eigenvalue weighted by Crippen LogP contribution is -2.54. The molecule has 0 spiro atoms. The molecular formula is C29H43ClN4O4. The molecule has 1 aromatic carbocycles. The number of hydrogen-bond donors (Lipinski definition) is 1. The number of likely N-dealkylation sites (tertiary alicyclic amines) is 1. The SMILES string of the molecule is Cc1c(CN2CCN(C(=O)C3CCCC3)[C@@H](C)C2)cc(Cl)cc1NC(=O)[C@@H]1CCCN1C(=O)OC(C)(C)C. The van der Waals surface area contributed by atoms with Crippen molar-refractivity contribution in [2.24, 2.45) is 5.92 Å². The molecule has 2 heterocycles. The van der Waals surface area contributed by atoms with Gasteiger partial charge in [-0.3, -0.25) is 19.4 Å². The van der Waals surface area contributed by atoms with Crippen LogP contribution in [0.2, 0.25) is 5.02 Å². The van der Waals surface area contributed by atoms with E-state index in [9.17, 15) is 14.4 Å². The highest BCUT2D eigenvalue weighted by Gasteiger charge is 2.37. The molecule has 210 valence electrons. The summed E-state index contributed by atoms with van der Waals surface area (Å²) in [7, 11) is 0. The van der Waals surface area contributed by atoms with Crippen molar-refractivity contribution in [3.05, 3.63) is 28.3 Å². The van der Waals surface area contributed by atoms with Gasteiger partial charge in [-0.2, -0.15) is 0 Å². The summed E-state index contributed by atoms with van der Waals surface area (Å²) in [5.41, 5.74) is 2.05. The molecule has 2 atom stereocenters. The number of nitrogens with zero attached hydrogens (tertiary/aromatic N) is 3. The first-order valence-electron chi connectivity index (χ1n) is 14.1. The van der Waals surface area contributed by atoms with Crippen LogP contribution in [0.5, 0.6) is 0 Å². The van der Waals surface area contributed by atoms with E-state index in [0.29, 0.717) is 36.1 Å². The van der Waals surface area contributed by atoms with Crippen molar-refractivity contribution in [2.75, 3.05) is 31.5 Å². The first kappa shape index (κ1) is 28.7. The fraction of sp³-hybridized carbons (Fsp3) is 0.690. The summed E-state index contributed by atoms with van der Waals surface area (Å²) in [6.07, 6.45) is 5.27. The topological polar surface area (TPSA) is 82.2 Å². The van der Waals surface area contributed by atoms with Crippen LogP contribution in [0.3, 0.4) is 0 Å². The maximum atomic E-state index is 13.3. The minimum atomic E-state index is -0.619. The number of rotatable bonds is 5. The van der Waals surface area contributed by atoms with E-state index in [1.54, 1.807) is 6.07 Å². The predicted octanol–water partition coefficient (Wildman–Crippen LogP) is 5.21. The second-order valence-corrected chi connectivity index (χ2v) is 12.6. The maximum absolute atomic E-state index is 13.3. The Bertz CT molecular complexity index is 1050. The number of ether oxygens (including phenoxy) is 1. The van der Waals surface area contributed by atoms with Crippen LogP contribution in [0.1, 0.15) is 77.3 Å². The van der Waals surface area contributed by atoms with Crippen LogP contribution < -0.4 is 5.32 Å². The lowest BCUT2D eigenvalue weighted by molar-refractivity contribution is -0.140. The lowest BCUT2D eigenvalue weighted by Gasteiger charge is -2.41. The Balaban J connectivity index is 1.40. The third kappa shape index (κ3) is 6.81. The van der Waals surface area contributed by atoms with Gasteiger partial charge < -0.3 is 15.0 Å². The van der Waals surface area contributed by atoms with E-state index in [1.807, 2.05) is 33.8 Å².